The molecule has 308 valence electrons. The second-order valence-electron chi connectivity index (χ2n) is 11.9. The first-order chi connectivity index (χ1) is 26.2. The highest BCUT2D eigenvalue weighted by atomic mass is 33.1. The Hall–Kier alpha value is -4.58. The van der Waals surface area contributed by atoms with Gasteiger partial charge in [0.1, 0.15) is 36.5 Å². The first-order valence-corrected chi connectivity index (χ1v) is 20.3. The van der Waals surface area contributed by atoms with Gasteiger partial charge in [-0.1, -0.05) is 21.6 Å². The molecule has 1 aliphatic rings. The maximum absolute atomic E-state index is 13.5. The van der Waals surface area contributed by atoms with E-state index in [9.17, 15) is 53.1 Å². The summed E-state index contributed by atoms with van der Waals surface area (Å²) in [4.78, 5) is 125. The molecule has 1 heterocycles. The van der Waals surface area contributed by atoms with Gasteiger partial charge in [0, 0.05) is 43.8 Å². The second kappa shape index (κ2) is 27.1. The van der Waals surface area contributed by atoms with Crippen LogP contribution in [0.5, 0.6) is 0 Å². The van der Waals surface area contributed by atoms with Crippen LogP contribution in [0.15, 0.2) is 0 Å². The monoisotopic (exact) mass is 834 g/mol. The van der Waals surface area contributed by atoms with Gasteiger partial charge in [-0.05, 0) is 32.6 Å². The summed E-state index contributed by atoms with van der Waals surface area (Å²) < 4.78 is 0. The Kier molecular flexibility index (Phi) is 23.8. The number of likely N-dealkylation sites (tertiary alicyclic amines) is 1. The van der Waals surface area contributed by atoms with Gasteiger partial charge >= 0.3 is 5.97 Å². The first-order valence-electron chi connectivity index (χ1n) is 17.2. The van der Waals surface area contributed by atoms with Crippen molar-refractivity contribution in [3.8, 4) is 0 Å². The molecule has 1 saturated heterocycles. The Labute approximate surface area is 331 Å². The molecule has 55 heavy (non-hydrogen) atoms. The van der Waals surface area contributed by atoms with Gasteiger partial charge < -0.3 is 57.3 Å². The first kappa shape index (κ1) is 48.4. The lowest BCUT2D eigenvalue weighted by molar-refractivity contribution is -0.142. The molecule has 24 heteroatoms. The molecule has 0 aliphatic carbocycles. The molecule has 0 spiro atoms. The van der Waals surface area contributed by atoms with Gasteiger partial charge in [0.05, 0.1) is 25.3 Å². The van der Waals surface area contributed by atoms with Gasteiger partial charge in [-0.15, -0.1) is 0 Å². The molecule has 6 atom stereocenters. The normalized spacial score (nSPS) is 16.1. The van der Waals surface area contributed by atoms with Crippen molar-refractivity contribution in [2.45, 2.75) is 82.2 Å². The highest BCUT2D eigenvalue weighted by Gasteiger charge is 2.36. The molecular weight excluding hydrogens is 785 g/mol. The van der Waals surface area contributed by atoms with Crippen LogP contribution < -0.4 is 42.5 Å². The minimum atomic E-state index is -1.61. The van der Waals surface area contributed by atoms with E-state index >= 15 is 0 Å². The second-order valence-corrected chi connectivity index (χ2v) is 14.8. The summed E-state index contributed by atoms with van der Waals surface area (Å²) in [5.41, 5.74) is 0. The van der Waals surface area contributed by atoms with Crippen LogP contribution in [0.2, 0.25) is 0 Å². The van der Waals surface area contributed by atoms with E-state index in [0.29, 0.717) is 32.1 Å². The number of aldehydes is 1. The summed E-state index contributed by atoms with van der Waals surface area (Å²) in [6.45, 7) is 3.42. The van der Waals surface area contributed by atoms with E-state index in [4.69, 9.17) is 5.41 Å². The van der Waals surface area contributed by atoms with Crippen LogP contribution >= 0.6 is 34.2 Å². The summed E-state index contributed by atoms with van der Waals surface area (Å²) in [7, 11) is 2.04. The zero-order valence-corrected chi connectivity index (χ0v) is 32.9. The predicted molar refractivity (Wildman–Crippen MR) is 206 cm³/mol. The molecule has 1 fully saturated rings. The van der Waals surface area contributed by atoms with Crippen LogP contribution in [0.1, 0.15) is 46.0 Å². The van der Waals surface area contributed by atoms with E-state index in [-0.39, 0.29) is 49.7 Å². The third-order valence-corrected chi connectivity index (χ3v) is 10.5. The number of nitrogens with one attached hydrogen (secondary N) is 9. The molecule has 1 rings (SSSR count). The predicted octanol–water partition coefficient (Wildman–Crippen LogP) is -3.73. The van der Waals surface area contributed by atoms with Gasteiger partial charge in [0.25, 0.3) is 0 Å². The van der Waals surface area contributed by atoms with Crippen molar-refractivity contribution < 1.29 is 53.1 Å². The van der Waals surface area contributed by atoms with Crippen LogP contribution in [0.4, 0.5) is 0 Å². The molecule has 0 radical (unpaired) electrons. The average Bonchev–Trinajstić information content (AvgIpc) is 3.64. The van der Waals surface area contributed by atoms with Crippen molar-refractivity contribution in [2.24, 2.45) is 0 Å². The Morgan fingerprint density at radius 2 is 1.53 bits per heavy atom. The number of hydrogen-bond acceptors (Lipinski definition) is 14. The molecule has 10 N–H and O–H groups in total. The lowest BCUT2D eigenvalue weighted by Gasteiger charge is -2.26. The molecule has 8 amide bonds. The summed E-state index contributed by atoms with van der Waals surface area (Å²) >= 11 is 4.10. The van der Waals surface area contributed by atoms with E-state index in [1.807, 2.05) is 0 Å². The van der Waals surface area contributed by atoms with Gasteiger partial charge in [0.2, 0.25) is 47.8 Å². The third kappa shape index (κ3) is 18.5. The fourth-order valence-corrected chi connectivity index (χ4v) is 7.62. The summed E-state index contributed by atoms with van der Waals surface area (Å²) in [6, 6.07) is -7.14. The number of aliphatic carboxylic acids is 1. The Bertz CT molecular complexity index is 1380. The van der Waals surface area contributed by atoms with E-state index in [2.05, 4.69) is 55.2 Å². The standard InChI is InChI=1S/C31H50N10O11S3/c1-3-35-27(48)20(6-4-8-33-16-32)38-30(51)23(40-29(50)22(13-53)36-18(2)44)15-55-54-14-19(12-42)37-28(49)21(10-26(46)47)39-31(52)24-7-5-9-41(24)25(45)11-34-17-43/h12,16-17,19-24,53H,3-11,13-15H2,1-2H3,(H2,32,33)(H,34,43)(H,35,48)(H,36,44)(H,37,49)(H,38,51)(H,39,52)(H,40,50)(H,46,47). The highest BCUT2D eigenvalue weighted by molar-refractivity contribution is 8.76. The van der Waals surface area contributed by atoms with Gasteiger partial charge in [-0.3, -0.25) is 48.6 Å². The lowest BCUT2D eigenvalue weighted by Crippen LogP contribution is -2.57. The van der Waals surface area contributed by atoms with Crippen molar-refractivity contribution in [1.29, 1.82) is 5.41 Å². The van der Waals surface area contributed by atoms with Crippen LogP contribution in [0.3, 0.4) is 0 Å². The SMILES string of the molecule is CCNC(=O)C(CCCNC=N)NC(=O)C(CSSCC(C=O)NC(=O)C(CC(=O)O)NC(=O)C1CCCN1C(=O)CNC=O)NC(=O)C(CS)NC(C)=O. The number of thiol groups is 1. The smallest absolute Gasteiger partial charge is 0.305 e. The van der Waals surface area contributed by atoms with Crippen molar-refractivity contribution in [1.82, 2.24) is 47.4 Å². The van der Waals surface area contributed by atoms with Gasteiger partial charge in [0.15, 0.2) is 0 Å². The number of hydrogen-bond donors (Lipinski definition) is 11. The molecule has 0 bridgehead atoms. The number of nitrogens with zero attached hydrogens (tertiary/aromatic N) is 1. The number of carbonyl (C=O) groups excluding carboxylic acids is 9. The fraction of sp³-hybridized carbons (Fsp3) is 0.645. The van der Waals surface area contributed by atoms with Crippen molar-refractivity contribution >= 4 is 101 Å². The van der Waals surface area contributed by atoms with Gasteiger partial charge in [-0.25, -0.2) is 0 Å². The number of carboxylic acids is 1. The minimum Gasteiger partial charge on any atom is -0.481 e. The number of rotatable bonds is 28. The van der Waals surface area contributed by atoms with Crippen LogP contribution in [-0.2, 0) is 47.9 Å². The number of carbonyl (C=O) groups is 10. The van der Waals surface area contributed by atoms with E-state index < -0.39 is 90.0 Å². The van der Waals surface area contributed by atoms with Crippen molar-refractivity contribution in [3.05, 3.63) is 0 Å². The van der Waals surface area contributed by atoms with Gasteiger partial charge in [-0.2, -0.15) is 12.6 Å². The number of likely N-dealkylation sites (N-methyl/N-ethyl adjacent to an activating group) is 1. The zero-order chi connectivity index (χ0) is 41.3. The van der Waals surface area contributed by atoms with E-state index in [1.54, 1.807) is 6.92 Å². The number of amides is 8. The Morgan fingerprint density at radius 3 is 2.13 bits per heavy atom. The molecule has 1 aliphatic heterocycles. The average molecular weight is 835 g/mol. The van der Waals surface area contributed by atoms with E-state index in [0.717, 1.165) is 27.9 Å². The lowest BCUT2D eigenvalue weighted by atomic mass is 10.1. The highest BCUT2D eigenvalue weighted by Crippen LogP contribution is 2.23. The van der Waals surface area contributed by atoms with Crippen LogP contribution in [0, 0.1) is 5.41 Å². The fourth-order valence-electron chi connectivity index (χ4n) is 5.07. The quantitative estimate of drug-likeness (QED) is 0.00902. The van der Waals surface area contributed by atoms with Crippen molar-refractivity contribution in [3.63, 3.8) is 0 Å². The molecular formula is C31H50N10O11S3. The molecule has 21 nitrogen and oxygen atoms in total. The molecule has 0 aromatic carbocycles. The maximum atomic E-state index is 13.5. The molecule has 6 unspecified atom stereocenters. The maximum Gasteiger partial charge on any atom is 0.305 e. The van der Waals surface area contributed by atoms with Crippen molar-refractivity contribution in [2.75, 3.05) is 43.4 Å². The molecule has 0 aromatic rings. The van der Waals surface area contributed by atoms with E-state index in [1.165, 1.54) is 11.8 Å². The third-order valence-electron chi connectivity index (χ3n) is 7.69. The largest absolute Gasteiger partial charge is 0.481 e. The number of carboxylic acid groups (broad SMARTS) is 1. The summed E-state index contributed by atoms with van der Waals surface area (Å²) in [5.74, 6) is -6.48. The topological polar surface area (TPSA) is 314 Å². The summed E-state index contributed by atoms with van der Waals surface area (Å²) in [6.07, 6.45) is 2.19. The Morgan fingerprint density at radius 1 is 0.873 bits per heavy atom. The Balaban J connectivity index is 3.01. The minimum absolute atomic E-state index is 0.0941. The summed E-state index contributed by atoms with van der Waals surface area (Å²) in [5, 5.41) is 36.4. The zero-order valence-electron chi connectivity index (χ0n) is 30.4. The van der Waals surface area contributed by atoms with Crippen LogP contribution in [-0.4, -0.2) is 156 Å². The molecule has 0 aromatic heterocycles. The van der Waals surface area contributed by atoms with Crippen LogP contribution in [0.25, 0.3) is 0 Å². The molecule has 0 saturated carbocycles.